The summed E-state index contributed by atoms with van der Waals surface area (Å²) < 4.78 is 0. The largest absolute Gasteiger partial charge is 0.481 e. The highest BCUT2D eigenvalue weighted by atomic mass is 16.4. The fraction of sp³-hybridized carbons (Fsp3) is 0.833. The van der Waals surface area contributed by atoms with Crippen molar-refractivity contribution in [1.29, 1.82) is 0 Å². The van der Waals surface area contributed by atoms with Gasteiger partial charge in [0, 0.05) is 13.1 Å². The van der Waals surface area contributed by atoms with Gasteiger partial charge >= 0.3 is 5.97 Å². The van der Waals surface area contributed by atoms with Crippen LogP contribution in [0.5, 0.6) is 0 Å². The number of aliphatic carboxylic acids is 1. The third kappa shape index (κ3) is 2.60. The molecule has 2 saturated heterocycles. The highest BCUT2D eigenvalue weighted by Crippen LogP contribution is 2.24. The Balaban J connectivity index is 1.94. The summed E-state index contributed by atoms with van der Waals surface area (Å²) in [5, 5.41) is 12.3. The van der Waals surface area contributed by atoms with Crippen molar-refractivity contribution in [2.45, 2.75) is 32.2 Å². The molecule has 0 aromatic rings. The Morgan fingerprint density at radius 2 is 2.06 bits per heavy atom. The predicted molar refractivity (Wildman–Crippen MR) is 62.5 cm³/mol. The van der Waals surface area contributed by atoms with E-state index < -0.39 is 11.9 Å². The van der Waals surface area contributed by atoms with E-state index >= 15 is 0 Å². The summed E-state index contributed by atoms with van der Waals surface area (Å²) in [7, 11) is 0. The zero-order valence-corrected chi connectivity index (χ0v) is 10.2. The maximum atomic E-state index is 12.2. The summed E-state index contributed by atoms with van der Waals surface area (Å²) in [6, 6.07) is -0.0940. The van der Waals surface area contributed by atoms with Crippen LogP contribution in [0.4, 0.5) is 0 Å². The smallest absolute Gasteiger partial charge is 0.308 e. The average molecular weight is 240 g/mol. The first kappa shape index (κ1) is 12.4. The van der Waals surface area contributed by atoms with Crippen LogP contribution < -0.4 is 5.32 Å². The number of piperidine rings is 1. The number of carboxylic acid groups (broad SMARTS) is 1. The molecular weight excluding hydrogens is 220 g/mol. The van der Waals surface area contributed by atoms with E-state index in [4.69, 9.17) is 5.11 Å². The van der Waals surface area contributed by atoms with Crippen LogP contribution in [-0.4, -0.2) is 47.6 Å². The second kappa shape index (κ2) is 5.04. The van der Waals surface area contributed by atoms with Crippen LogP contribution in [0.1, 0.15) is 26.2 Å². The van der Waals surface area contributed by atoms with Crippen molar-refractivity contribution >= 4 is 11.9 Å². The van der Waals surface area contributed by atoms with Gasteiger partial charge in [-0.15, -0.1) is 0 Å². The number of nitrogens with one attached hydrogen (secondary N) is 1. The van der Waals surface area contributed by atoms with Crippen LogP contribution in [0.25, 0.3) is 0 Å². The number of likely N-dealkylation sites (tertiary alicyclic amines) is 1. The van der Waals surface area contributed by atoms with E-state index in [1.54, 1.807) is 4.90 Å². The fourth-order valence-electron chi connectivity index (χ4n) is 2.75. The van der Waals surface area contributed by atoms with Crippen LogP contribution in [0.2, 0.25) is 0 Å². The Labute approximate surface area is 101 Å². The molecular formula is C12H20N2O3. The summed E-state index contributed by atoms with van der Waals surface area (Å²) >= 11 is 0. The quantitative estimate of drug-likeness (QED) is 0.728. The lowest BCUT2D eigenvalue weighted by atomic mass is 9.99. The fourth-order valence-corrected chi connectivity index (χ4v) is 2.75. The van der Waals surface area contributed by atoms with Crippen molar-refractivity contribution in [3.8, 4) is 0 Å². The topological polar surface area (TPSA) is 69.6 Å². The number of carbonyl (C=O) groups is 2. The highest BCUT2D eigenvalue weighted by Gasteiger charge is 2.38. The van der Waals surface area contributed by atoms with Gasteiger partial charge in [-0.1, -0.05) is 13.3 Å². The second-order valence-corrected chi connectivity index (χ2v) is 5.17. The van der Waals surface area contributed by atoms with Crippen molar-refractivity contribution < 1.29 is 14.7 Å². The Bertz CT molecular complexity index is 313. The first-order valence-corrected chi connectivity index (χ1v) is 6.34. The number of hydrogen-bond acceptors (Lipinski definition) is 3. The molecule has 0 saturated carbocycles. The van der Waals surface area contributed by atoms with Crippen LogP contribution >= 0.6 is 0 Å². The summed E-state index contributed by atoms with van der Waals surface area (Å²) in [5.41, 5.74) is 0. The van der Waals surface area contributed by atoms with Gasteiger partial charge in [0.05, 0.1) is 12.0 Å². The van der Waals surface area contributed by atoms with E-state index in [9.17, 15) is 9.59 Å². The predicted octanol–water partition coefficient (Wildman–Crippen LogP) is 0.308. The van der Waals surface area contributed by atoms with E-state index in [0.29, 0.717) is 13.1 Å². The number of carbonyl (C=O) groups excluding carboxylic acids is 1. The monoisotopic (exact) mass is 240 g/mol. The normalized spacial score (nSPS) is 33.7. The molecule has 1 amide bonds. The Kier molecular flexibility index (Phi) is 3.66. The molecule has 5 heteroatoms. The Morgan fingerprint density at radius 3 is 2.59 bits per heavy atom. The SMILES string of the molecule is CC1CN(C(=O)[C@H]2CCCCN2)CC1C(=O)O. The molecule has 2 rings (SSSR count). The van der Waals surface area contributed by atoms with Crippen LogP contribution in [-0.2, 0) is 9.59 Å². The van der Waals surface area contributed by atoms with Crippen molar-refractivity contribution in [2.24, 2.45) is 11.8 Å². The molecule has 2 heterocycles. The van der Waals surface area contributed by atoms with Crippen LogP contribution in [0.3, 0.4) is 0 Å². The molecule has 0 aromatic heterocycles. The van der Waals surface area contributed by atoms with Gasteiger partial charge in [0.1, 0.15) is 0 Å². The minimum Gasteiger partial charge on any atom is -0.481 e. The summed E-state index contributed by atoms with van der Waals surface area (Å²) in [4.78, 5) is 24.9. The van der Waals surface area contributed by atoms with Crippen molar-refractivity contribution in [3.05, 3.63) is 0 Å². The first-order chi connectivity index (χ1) is 8.09. The lowest BCUT2D eigenvalue weighted by Crippen LogP contribution is -2.48. The van der Waals surface area contributed by atoms with Gasteiger partial charge in [-0.25, -0.2) is 0 Å². The molecule has 0 aromatic carbocycles. The standard InChI is InChI=1S/C12H20N2O3/c1-8-6-14(7-9(8)12(16)17)11(15)10-4-2-3-5-13-10/h8-10,13H,2-7H2,1H3,(H,16,17)/t8?,9?,10-/m1/s1. The lowest BCUT2D eigenvalue weighted by molar-refractivity contribution is -0.142. The molecule has 0 radical (unpaired) electrons. The number of carboxylic acids is 1. The summed E-state index contributed by atoms with van der Waals surface area (Å²) in [6.45, 7) is 3.74. The lowest BCUT2D eigenvalue weighted by Gasteiger charge is -2.27. The zero-order valence-electron chi connectivity index (χ0n) is 10.2. The van der Waals surface area contributed by atoms with E-state index in [1.165, 1.54) is 0 Å². The molecule has 2 aliphatic rings. The van der Waals surface area contributed by atoms with Crippen LogP contribution in [0, 0.1) is 11.8 Å². The summed E-state index contributed by atoms with van der Waals surface area (Å²) in [5.74, 6) is -1.05. The minimum atomic E-state index is -0.788. The van der Waals surface area contributed by atoms with Crippen LogP contribution in [0.15, 0.2) is 0 Å². The van der Waals surface area contributed by atoms with Gasteiger partial charge in [0.2, 0.25) is 5.91 Å². The minimum absolute atomic E-state index is 0.0556. The molecule has 2 unspecified atom stereocenters. The highest BCUT2D eigenvalue weighted by molar-refractivity contribution is 5.83. The maximum absolute atomic E-state index is 12.2. The van der Waals surface area contributed by atoms with Crippen molar-refractivity contribution in [2.75, 3.05) is 19.6 Å². The van der Waals surface area contributed by atoms with Gasteiger partial charge in [-0.05, 0) is 25.3 Å². The van der Waals surface area contributed by atoms with E-state index in [0.717, 1.165) is 25.8 Å². The molecule has 5 nitrogen and oxygen atoms in total. The Morgan fingerprint density at radius 1 is 1.29 bits per heavy atom. The van der Waals surface area contributed by atoms with E-state index in [1.807, 2.05) is 6.92 Å². The molecule has 3 atom stereocenters. The first-order valence-electron chi connectivity index (χ1n) is 6.34. The number of amides is 1. The summed E-state index contributed by atoms with van der Waals surface area (Å²) in [6.07, 6.45) is 3.08. The molecule has 2 fully saturated rings. The molecule has 0 bridgehead atoms. The van der Waals surface area contributed by atoms with Gasteiger partial charge in [0.25, 0.3) is 0 Å². The molecule has 2 N–H and O–H groups in total. The Hall–Kier alpha value is -1.10. The molecule has 2 aliphatic heterocycles. The number of hydrogen-bond donors (Lipinski definition) is 2. The van der Waals surface area contributed by atoms with E-state index in [-0.39, 0.29) is 17.9 Å². The maximum Gasteiger partial charge on any atom is 0.308 e. The van der Waals surface area contributed by atoms with Crippen molar-refractivity contribution in [1.82, 2.24) is 10.2 Å². The molecule has 0 spiro atoms. The zero-order chi connectivity index (χ0) is 12.4. The van der Waals surface area contributed by atoms with E-state index in [2.05, 4.69) is 5.32 Å². The number of rotatable bonds is 2. The average Bonchev–Trinajstić information content (AvgIpc) is 2.71. The molecule has 96 valence electrons. The molecule has 0 aliphatic carbocycles. The van der Waals surface area contributed by atoms with Gasteiger partial charge in [-0.2, -0.15) is 0 Å². The second-order valence-electron chi connectivity index (χ2n) is 5.17. The third-order valence-corrected chi connectivity index (χ3v) is 3.85. The van der Waals surface area contributed by atoms with Crippen molar-refractivity contribution in [3.63, 3.8) is 0 Å². The van der Waals surface area contributed by atoms with Gasteiger partial charge < -0.3 is 15.3 Å². The van der Waals surface area contributed by atoms with Gasteiger partial charge in [0.15, 0.2) is 0 Å². The number of nitrogens with zero attached hydrogens (tertiary/aromatic N) is 1. The third-order valence-electron chi connectivity index (χ3n) is 3.85. The van der Waals surface area contributed by atoms with Gasteiger partial charge in [-0.3, -0.25) is 9.59 Å². The molecule has 17 heavy (non-hydrogen) atoms.